The van der Waals surface area contributed by atoms with E-state index in [1.165, 1.54) is 10.4 Å². The fourth-order valence-electron chi connectivity index (χ4n) is 3.56. The summed E-state index contributed by atoms with van der Waals surface area (Å²) in [6.45, 7) is 6.17. The molecule has 1 aromatic heterocycles. The Morgan fingerprint density at radius 1 is 1.09 bits per heavy atom. The van der Waals surface area contributed by atoms with E-state index in [0.717, 1.165) is 12.0 Å². The van der Waals surface area contributed by atoms with Gasteiger partial charge in [-0.25, -0.2) is 0 Å². The molecule has 0 saturated heterocycles. The van der Waals surface area contributed by atoms with Gasteiger partial charge in [0.25, 0.3) is 5.91 Å². The lowest BCUT2D eigenvalue weighted by atomic mass is 9.99. The number of carbonyl (C=O) groups is 1. The molecule has 1 heterocycles. The predicted molar refractivity (Wildman–Crippen MR) is 134 cm³/mol. The van der Waals surface area contributed by atoms with Gasteiger partial charge in [-0.2, -0.15) is 4.80 Å². The highest BCUT2D eigenvalue weighted by Gasteiger charge is 2.12. The molecule has 0 fully saturated rings. The van der Waals surface area contributed by atoms with Crippen LogP contribution in [0.1, 0.15) is 37.3 Å². The monoisotopic (exact) mass is 478 g/mol. The molecule has 0 aliphatic heterocycles. The number of anilines is 1. The zero-order valence-corrected chi connectivity index (χ0v) is 20.4. The Bertz CT molecular complexity index is 1320. The van der Waals surface area contributed by atoms with Gasteiger partial charge in [0, 0.05) is 5.69 Å². The minimum absolute atomic E-state index is 0.0861. The number of hydrogen-bond acceptors (Lipinski definition) is 5. The molecule has 1 atom stereocenters. The van der Waals surface area contributed by atoms with E-state index in [1.54, 1.807) is 25.3 Å². The highest BCUT2D eigenvalue weighted by atomic mass is 35.5. The Labute approximate surface area is 203 Å². The van der Waals surface area contributed by atoms with Crippen LogP contribution in [0.3, 0.4) is 0 Å². The van der Waals surface area contributed by atoms with Crippen LogP contribution >= 0.6 is 11.6 Å². The molecule has 0 radical (unpaired) electrons. The van der Waals surface area contributed by atoms with Crippen LogP contribution in [0.5, 0.6) is 11.5 Å². The van der Waals surface area contributed by atoms with Gasteiger partial charge in [0.15, 0.2) is 6.61 Å². The first-order valence-corrected chi connectivity index (χ1v) is 11.5. The Hall–Kier alpha value is -3.58. The molecule has 1 unspecified atom stereocenters. The first-order chi connectivity index (χ1) is 16.4. The number of carbonyl (C=O) groups excluding carboxylic acids is 1. The third-order valence-corrected chi connectivity index (χ3v) is 6.09. The van der Waals surface area contributed by atoms with Crippen molar-refractivity contribution in [3.63, 3.8) is 0 Å². The van der Waals surface area contributed by atoms with Gasteiger partial charge in [-0.1, -0.05) is 37.6 Å². The number of halogens is 1. The van der Waals surface area contributed by atoms with Crippen molar-refractivity contribution in [2.45, 2.75) is 33.1 Å². The molecule has 7 nitrogen and oxygen atoms in total. The molecular formula is C26H27ClN4O3. The number of benzene rings is 3. The summed E-state index contributed by atoms with van der Waals surface area (Å²) in [6, 6.07) is 16.9. The predicted octanol–water partition coefficient (Wildman–Crippen LogP) is 5.92. The summed E-state index contributed by atoms with van der Waals surface area (Å²) in [5.74, 6) is 1.49. The summed E-state index contributed by atoms with van der Waals surface area (Å²) in [5, 5.41) is 12.4. The quantitative estimate of drug-likeness (QED) is 0.340. The maximum Gasteiger partial charge on any atom is 0.262 e. The van der Waals surface area contributed by atoms with Crippen molar-refractivity contribution in [1.29, 1.82) is 0 Å². The van der Waals surface area contributed by atoms with Crippen LogP contribution in [0.4, 0.5) is 5.69 Å². The molecule has 4 aromatic rings. The molecule has 1 amide bonds. The molecule has 34 heavy (non-hydrogen) atoms. The summed E-state index contributed by atoms with van der Waals surface area (Å²) in [4.78, 5) is 14.0. The number of aryl methyl sites for hydroxylation is 1. The maximum absolute atomic E-state index is 12.5. The number of ether oxygens (including phenoxy) is 2. The van der Waals surface area contributed by atoms with Crippen LogP contribution in [0.15, 0.2) is 54.6 Å². The van der Waals surface area contributed by atoms with Gasteiger partial charge >= 0.3 is 0 Å². The summed E-state index contributed by atoms with van der Waals surface area (Å²) in [6.07, 6.45) is 1.08. The largest absolute Gasteiger partial charge is 0.495 e. The molecule has 0 bridgehead atoms. The van der Waals surface area contributed by atoms with E-state index in [4.69, 9.17) is 21.1 Å². The molecule has 0 spiro atoms. The van der Waals surface area contributed by atoms with E-state index in [1.807, 2.05) is 43.3 Å². The summed E-state index contributed by atoms with van der Waals surface area (Å²) in [5.41, 5.74) is 4.85. The molecule has 1 N–H and O–H groups in total. The molecule has 0 saturated carbocycles. The number of fused-ring (bicyclic) bond motifs is 1. The maximum atomic E-state index is 12.5. The minimum Gasteiger partial charge on any atom is -0.495 e. The molecule has 0 aliphatic carbocycles. The van der Waals surface area contributed by atoms with Crippen LogP contribution in [-0.2, 0) is 4.79 Å². The number of nitrogens with one attached hydrogen (secondary N) is 1. The topological polar surface area (TPSA) is 78.3 Å². The van der Waals surface area contributed by atoms with E-state index in [9.17, 15) is 4.79 Å². The van der Waals surface area contributed by atoms with E-state index >= 15 is 0 Å². The average Bonchev–Trinajstić information content (AvgIpc) is 3.25. The molecule has 3 aromatic carbocycles. The zero-order valence-electron chi connectivity index (χ0n) is 19.6. The molecule has 8 heteroatoms. The van der Waals surface area contributed by atoms with Crippen LogP contribution in [0, 0.1) is 6.92 Å². The van der Waals surface area contributed by atoms with Crippen LogP contribution in [0.25, 0.3) is 16.7 Å². The second-order valence-electron chi connectivity index (χ2n) is 8.18. The van der Waals surface area contributed by atoms with Crippen LogP contribution in [0.2, 0.25) is 5.02 Å². The Morgan fingerprint density at radius 3 is 2.44 bits per heavy atom. The second kappa shape index (κ2) is 10.1. The number of aromatic nitrogens is 3. The van der Waals surface area contributed by atoms with E-state index in [2.05, 4.69) is 29.4 Å². The number of hydrogen-bond donors (Lipinski definition) is 1. The molecular weight excluding hydrogens is 452 g/mol. The van der Waals surface area contributed by atoms with Crippen molar-refractivity contribution < 1.29 is 14.3 Å². The second-order valence-corrected chi connectivity index (χ2v) is 8.59. The molecule has 176 valence electrons. The highest BCUT2D eigenvalue weighted by molar-refractivity contribution is 6.32. The van der Waals surface area contributed by atoms with E-state index in [0.29, 0.717) is 44.8 Å². The summed E-state index contributed by atoms with van der Waals surface area (Å²) >= 11 is 6.23. The first kappa shape index (κ1) is 23.6. The number of methoxy groups -OCH3 is 1. The van der Waals surface area contributed by atoms with Gasteiger partial charge in [0.2, 0.25) is 0 Å². The zero-order chi connectivity index (χ0) is 24.2. The standard InChI is InChI=1S/C26H27ClN4O3/c1-5-16(2)18-6-9-20(10-7-18)34-15-26(32)28-22-14-24-23(12-17(22)3)29-31(30-24)19-8-11-25(33-4)21(27)13-19/h6-14,16H,5,15H2,1-4H3,(H,28,32). The van der Waals surface area contributed by atoms with Crippen molar-refractivity contribution in [3.05, 3.63) is 70.7 Å². The van der Waals surface area contributed by atoms with Gasteiger partial charge in [0.1, 0.15) is 22.5 Å². The highest BCUT2D eigenvalue weighted by Crippen LogP contribution is 2.27. The fourth-order valence-corrected chi connectivity index (χ4v) is 3.81. The fraction of sp³-hybridized carbons (Fsp3) is 0.269. The van der Waals surface area contributed by atoms with Gasteiger partial charge < -0.3 is 14.8 Å². The van der Waals surface area contributed by atoms with Crippen molar-refractivity contribution >= 4 is 34.2 Å². The summed E-state index contributed by atoms with van der Waals surface area (Å²) in [7, 11) is 1.56. The number of nitrogens with zero attached hydrogens (tertiary/aromatic N) is 3. The normalized spacial score (nSPS) is 11.9. The lowest BCUT2D eigenvalue weighted by molar-refractivity contribution is -0.118. The summed E-state index contributed by atoms with van der Waals surface area (Å²) < 4.78 is 10.9. The van der Waals surface area contributed by atoms with Crippen LogP contribution in [-0.4, -0.2) is 34.6 Å². The molecule has 4 rings (SSSR count). The van der Waals surface area contributed by atoms with E-state index in [-0.39, 0.29) is 12.5 Å². The number of rotatable bonds is 8. The van der Waals surface area contributed by atoms with Gasteiger partial charge in [-0.3, -0.25) is 4.79 Å². The van der Waals surface area contributed by atoms with Crippen molar-refractivity contribution in [1.82, 2.24) is 15.0 Å². The minimum atomic E-state index is -0.247. The Morgan fingerprint density at radius 2 is 1.79 bits per heavy atom. The van der Waals surface area contributed by atoms with Crippen molar-refractivity contribution in [3.8, 4) is 17.2 Å². The van der Waals surface area contributed by atoms with E-state index < -0.39 is 0 Å². The van der Waals surface area contributed by atoms with Crippen LogP contribution < -0.4 is 14.8 Å². The molecule has 0 aliphatic rings. The number of amides is 1. The first-order valence-electron chi connectivity index (χ1n) is 11.1. The van der Waals surface area contributed by atoms with Gasteiger partial charge in [-0.15, -0.1) is 10.2 Å². The smallest absolute Gasteiger partial charge is 0.262 e. The average molecular weight is 479 g/mol. The van der Waals surface area contributed by atoms with Crippen molar-refractivity contribution in [2.75, 3.05) is 19.0 Å². The SMILES string of the molecule is CCC(C)c1ccc(OCC(=O)Nc2cc3nn(-c4ccc(OC)c(Cl)c4)nc3cc2C)cc1. The van der Waals surface area contributed by atoms with Crippen molar-refractivity contribution in [2.24, 2.45) is 0 Å². The third-order valence-electron chi connectivity index (χ3n) is 5.80. The Kier molecular flexibility index (Phi) is 7.03. The third kappa shape index (κ3) is 5.15. The van der Waals surface area contributed by atoms with Gasteiger partial charge in [0.05, 0.1) is 17.8 Å². The van der Waals surface area contributed by atoms with Gasteiger partial charge in [-0.05, 0) is 72.9 Å². The Balaban J connectivity index is 1.45. The lowest BCUT2D eigenvalue weighted by Gasteiger charge is -2.11. The lowest BCUT2D eigenvalue weighted by Crippen LogP contribution is -2.20.